The molecule has 1 fully saturated rings. The minimum atomic E-state index is -0.524. The van der Waals surface area contributed by atoms with E-state index >= 15 is 0 Å². The van der Waals surface area contributed by atoms with Crippen molar-refractivity contribution in [1.82, 2.24) is 15.3 Å². The molecule has 0 atom stereocenters. The standard InChI is InChI=1S/C21H28N4O4/c1-28-12-17(26)23-11-13-3-5-15(6-4-13)21-24-18(19(25-21)20(22)27)14-7-9-16(29-2)10-8-14/h7-10,13,15H,3-6,11-12H2,1-2H3,(H2,22,27)(H,23,26)(H,24,25). The molecule has 29 heavy (non-hydrogen) atoms. The van der Waals surface area contributed by atoms with Crippen LogP contribution in [0.15, 0.2) is 24.3 Å². The Bertz CT molecular complexity index is 839. The topological polar surface area (TPSA) is 119 Å². The molecule has 1 aromatic heterocycles. The number of amides is 2. The van der Waals surface area contributed by atoms with Gasteiger partial charge in [0, 0.05) is 25.1 Å². The van der Waals surface area contributed by atoms with E-state index in [4.69, 9.17) is 20.2 Å². The summed E-state index contributed by atoms with van der Waals surface area (Å²) in [5, 5.41) is 2.91. The summed E-state index contributed by atoms with van der Waals surface area (Å²) in [5.41, 5.74) is 7.30. The Morgan fingerprint density at radius 1 is 1.17 bits per heavy atom. The van der Waals surface area contributed by atoms with Crippen LogP contribution < -0.4 is 15.8 Å². The van der Waals surface area contributed by atoms with Crippen LogP contribution in [-0.2, 0) is 9.53 Å². The molecular formula is C21H28N4O4. The van der Waals surface area contributed by atoms with E-state index in [1.165, 1.54) is 7.11 Å². The molecule has 0 radical (unpaired) electrons. The molecular weight excluding hydrogens is 372 g/mol. The number of nitrogens with one attached hydrogen (secondary N) is 2. The van der Waals surface area contributed by atoms with Crippen LogP contribution in [0.4, 0.5) is 0 Å². The number of carbonyl (C=O) groups is 2. The molecule has 2 amide bonds. The molecule has 0 unspecified atom stereocenters. The zero-order valence-corrected chi connectivity index (χ0v) is 16.9. The second kappa shape index (κ2) is 9.56. The van der Waals surface area contributed by atoms with Crippen molar-refractivity contribution in [3.63, 3.8) is 0 Å². The number of carbonyl (C=O) groups excluding carboxylic acids is 2. The Hall–Kier alpha value is -2.87. The van der Waals surface area contributed by atoms with Crippen molar-refractivity contribution in [1.29, 1.82) is 0 Å². The normalized spacial score (nSPS) is 19.0. The molecule has 2 aromatic rings. The average molecular weight is 400 g/mol. The summed E-state index contributed by atoms with van der Waals surface area (Å²) in [5.74, 6) is 1.61. The van der Waals surface area contributed by atoms with Crippen molar-refractivity contribution in [3.8, 4) is 17.0 Å². The van der Waals surface area contributed by atoms with Crippen molar-refractivity contribution >= 4 is 11.8 Å². The van der Waals surface area contributed by atoms with Crippen LogP contribution in [0, 0.1) is 5.92 Å². The Balaban J connectivity index is 1.67. The highest BCUT2D eigenvalue weighted by Crippen LogP contribution is 2.36. The first-order chi connectivity index (χ1) is 14.0. The molecule has 1 heterocycles. The molecule has 0 aliphatic heterocycles. The first-order valence-electron chi connectivity index (χ1n) is 9.81. The smallest absolute Gasteiger partial charge is 0.267 e. The van der Waals surface area contributed by atoms with Crippen molar-refractivity contribution in [2.24, 2.45) is 11.7 Å². The molecule has 4 N–H and O–H groups in total. The molecule has 0 spiro atoms. The van der Waals surface area contributed by atoms with Gasteiger partial charge >= 0.3 is 0 Å². The van der Waals surface area contributed by atoms with E-state index in [1.54, 1.807) is 7.11 Å². The lowest BCUT2D eigenvalue weighted by Crippen LogP contribution is -2.33. The lowest BCUT2D eigenvalue weighted by atomic mass is 9.81. The first-order valence-corrected chi connectivity index (χ1v) is 9.81. The van der Waals surface area contributed by atoms with Gasteiger partial charge in [0.1, 0.15) is 29.6 Å². The number of H-pyrrole nitrogens is 1. The Morgan fingerprint density at radius 2 is 1.86 bits per heavy atom. The lowest BCUT2D eigenvalue weighted by molar-refractivity contribution is -0.124. The number of nitrogens with two attached hydrogens (primary N) is 1. The van der Waals surface area contributed by atoms with Crippen LogP contribution in [0.2, 0.25) is 0 Å². The number of primary amides is 1. The van der Waals surface area contributed by atoms with Gasteiger partial charge in [0.05, 0.1) is 7.11 Å². The van der Waals surface area contributed by atoms with Crippen LogP contribution in [-0.4, -0.2) is 49.2 Å². The van der Waals surface area contributed by atoms with Gasteiger partial charge in [0.25, 0.3) is 5.91 Å². The van der Waals surface area contributed by atoms with Gasteiger partial charge in [-0.3, -0.25) is 9.59 Å². The predicted octanol–water partition coefficient (Wildman–Crippen LogP) is 2.22. The van der Waals surface area contributed by atoms with Gasteiger partial charge in [-0.1, -0.05) is 0 Å². The van der Waals surface area contributed by atoms with Crippen LogP contribution >= 0.6 is 0 Å². The molecule has 8 nitrogen and oxygen atoms in total. The van der Waals surface area contributed by atoms with Crippen LogP contribution in [0.25, 0.3) is 11.3 Å². The van der Waals surface area contributed by atoms with Crippen LogP contribution in [0.5, 0.6) is 5.75 Å². The fraction of sp³-hybridized carbons (Fsp3) is 0.476. The highest BCUT2D eigenvalue weighted by atomic mass is 16.5. The van der Waals surface area contributed by atoms with Gasteiger partial charge in [0.2, 0.25) is 5.91 Å². The van der Waals surface area contributed by atoms with Crippen molar-refractivity contribution in [3.05, 3.63) is 35.8 Å². The van der Waals surface area contributed by atoms with E-state index in [-0.39, 0.29) is 18.4 Å². The number of ether oxygens (including phenoxy) is 2. The first kappa shape index (κ1) is 20.9. The highest BCUT2D eigenvalue weighted by molar-refractivity contribution is 5.97. The maximum Gasteiger partial charge on any atom is 0.267 e. The van der Waals surface area contributed by atoms with Gasteiger partial charge in [-0.15, -0.1) is 0 Å². The third-order valence-electron chi connectivity index (χ3n) is 5.43. The van der Waals surface area contributed by atoms with Crippen LogP contribution in [0.1, 0.15) is 47.9 Å². The number of imidazole rings is 1. The lowest BCUT2D eigenvalue weighted by Gasteiger charge is -2.27. The fourth-order valence-electron chi connectivity index (χ4n) is 3.80. The molecule has 1 aliphatic rings. The number of rotatable bonds is 8. The van der Waals surface area contributed by atoms with Gasteiger partial charge in [-0.2, -0.15) is 0 Å². The Labute approximate surface area is 170 Å². The maximum absolute atomic E-state index is 11.9. The number of methoxy groups -OCH3 is 2. The molecule has 8 heteroatoms. The molecule has 0 bridgehead atoms. The minimum Gasteiger partial charge on any atom is -0.497 e. The minimum absolute atomic E-state index is 0.0871. The quantitative estimate of drug-likeness (QED) is 0.628. The second-order valence-electron chi connectivity index (χ2n) is 7.39. The number of hydrogen-bond donors (Lipinski definition) is 3. The molecule has 0 saturated heterocycles. The van der Waals surface area contributed by atoms with Gasteiger partial charge in [0.15, 0.2) is 0 Å². The number of nitrogens with zero attached hydrogens (tertiary/aromatic N) is 1. The summed E-state index contributed by atoms with van der Waals surface area (Å²) >= 11 is 0. The van der Waals surface area contributed by atoms with E-state index in [0.717, 1.165) is 42.8 Å². The second-order valence-corrected chi connectivity index (χ2v) is 7.39. The molecule has 156 valence electrons. The van der Waals surface area contributed by atoms with E-state index in [0.29, 0.717) is 23.9 Å². The highest BCUT2D eigenvalue weighted by Gasteiger charge is 2.27. The summed E-state index contributed by atoms with van der Waals surface area (Å²) in [6, 6.07) is 7.39. The molecule has 3 rings (SSSR count). The van der Waals surface area contributed by atoms with E-state index in [2.05, 4.69) is 10.3 Å². The van der Waals surface area contributed by atoms with Crippen LogP contribution in [0.3, 0.4) is 0 Å². The van der Waals surface area contributed by atoms with E-state index in [9.17, 15) is 9.59 Å². The van der Waals surface area contributed by atoms with Crippen molar-refractivity contribution in [2.45, 2.75) is 31.6 Å². The zero-order valence-electron chi connectivity index (χ0n) is 16.9. The van der Waals surface area contributed by atoms with E-state index in [1.807, 2.05) is 24.3 Å². The summed E-state index contributed by atoms with van der Waals surface area (Å²) in [4.78, 5) is 31.4. The van der Waals surface area contributed by atoms with Crippen molar-refractivity contribution < 1.29 is 19.1 Å². The average Bonchev–Trinajstić information content (AvgIpc) is 3.19. The third-order valence-corrected chi connectivity index (χ3v) is 5.43. The molecule has 1 saturated carbocycles. The summed E-state index contributed by atoms with van der Waals surface area (Å²) < 4.78 is 10.0. The SMILES string of the molecule is COCC(=O)NCC1CCC(c2nc(-c3ccc(OC)cc3)c(C(N)=O)[nH]2)CC1. The molecule has 1 aromatic carbocycles. The number of benzene rings is 1. The zero-order chi connectivity index (χ0) is 20.8. The maximum atomic E-state index is 11.9. The summed E-state index contributed by atoms with van der Waals surface area (Å²) in [6.07, 6.45) is 3.86. The largest absolute Gasteiger partial charge is 0.497 e. The third kappa shape index (κ3) is 5.14. The number of aromatic amines is 1. The van der Waals surface area contributed by atoms with Gasteiger partial charge < -0.3 is 25.5 Å². The number of hydrogen-bond acceptors (Lipinski definition) is 5. The fourth-order valence-corrected chi connectivity index (χ4v) is 3.80. The van der Waals surface area contributed by atoms with Crippen molar-refractivity contribution in [2.75, 3.05) is 27.4 Å². The predicted molar refractivity (Wildman–Crippen MR) is 109 cm³/mol. The van der Waals surface area contributed by atoms with Gasteiger partial charge in [-0.25, -0.2) is 4.98 Å². The number of aromatic nitrogens is 2. The van der Waals surface area contributed by atoms with E-state index < -0.39 is 5.91 Å². The Kier molecular flexibility index (Phi) is 6.87. The monoisotopic (exact) mass is 400 g/mol. The van der Waals surface area contributed by atoms with Gasteiger partial charge in [-0.05, 0) is 55.9 Å². The Morgan fingerprint density at radius 3 is 2.45 bits per heavy atom. The molecule has 1 aliphatic carbocycles. The summed E-state index contributed by atoms with van der Waals surface area (Å²) in [6.45, 7) is 0.752. The summed E-state index contributed by atoms with van der Waals surface area (Å²) in [7, 11) is 3.12.